The lowest BCUT2D eigenvalue weighted by molar-refractivity contribution is 0.0619. The van der Waals surface area contributed by atoms with Crippen LogP contribution in [-0.2, 0) is 4.74 Å². The third-order valence-electron chi connectivity index (χ3n) is 6.88. The molecule has 4 bridgehead atoms. The number of anilines is 1. The van der Waals surface area contributed by atoms with Gasteiger partial charge < -0.3 is 19.9 Å². The van der Waals surface area contributed by atoms with E-state index in [4.69, 9.17) is 4.74 Å². The predicted molar refractivity (Wildman–Crippen MR) is 106 cm³/mol. The van der Waals surface area contributed by atoms with Crippen LogP contribution in [0.25, 0.3) is 10.1 Å². The summed E-state index contributed by atoms with van der Waals surface area (Å²) >= 11 is 1.46. The second-order valence-electron chi connectivity index (χ2n) is 8.40. The minimum Gasteiger partial charge on any atom is -0.374 e. The Morgan fingerprint density at radius 2 is 2.15 bits per heavy atom. The molecule has 1 aromatic carbocycles. The van der Waals surface area contributed by atoms with E-state index >= 15 is 0 Å². The third-order valence-corrected chi connectivity index (χ3v) is 7.76. The quantitative estimate of drug-likeness (QED) is 0.878. The molecule has 5 saturated heterocycles. The maximum Gasteiger partial charge on any atom is 0.271 e. The van der Waals surface area contributed by atoms with Gasteiger partial charge in [0.15, 0.2) is 0 Å². The zero-order valence-electron chi connectivity index (χ0n) is 15.3. The number of nitrogens with zero attached hydrogens (tertiary/aromatic N) is 3. The number of amides is 1. The zero-order chi connectivity index (χ0) is 18.0. The number of fused-ring (bicyclic) bond motifs is 6. The van der Waals surface area contributed by atoms with Crippen molar-refractivity contribution < 1.29 is 9.53 Å². The number of aromatic nitrogens is 1. The Morgan fingerprint density at radius 1 is 1.26 bits per heavy atom. The van der Waals surface area contributed by atoms with E-state index in [2.05, 4.69) is 31.6 Å². The van der Waals surface area contributed by atoms with Gasteiger partial charge in [0.05, 0.1) is 29.1 Å². The Hall–Kier alpha value is -1.70. The fourth-order valence-electron chi connectivity index (χ4n) is 5.40. The zero-order valence-corrected chi connectivity index (χ0v) is 16.1. The van der Waals surface area contributed by atoms with Crippen molar-refractivity contribution >= 4 is 33.2 Å². The number of benzene rings is 1. The highest BCUT2D eigenvalue weighted by Gasteiger charge is 2.40. The van der Waals surface area contributed by atoms with Crippen LogP contribution in [0.5, 0.6) is 0 Å². The molecule has 27 heavy (non-hydrogen) atoms. The van der Waals surface area contributed by atoms with Gasteiger partial charge in [-0.05, 0) is 55.9 Å². The van der Waals surface area contributed by atoms with Gasteiger partial charge in [-0.1, -0.05) is 12.1 Å². The second kappa shape index (κ2) is 6.15. The predicted octanol–water partition coefficient (Wildman–Crippen LogP) is 2.10. The van der Waals surface area contributed by atoms with Crippen molar-refractivity contribution in [3.8, 4) is 0 Å². The Bertz CT molecular complexity index is 891. The molecule has 0 radical (unpaired) electrons. The van der Waals surface area contributed by atoms with Crippen LogP contribution in [0.4, 0.5) is 5.69 Å². The van der Waals surface area contributed by atoms with Crippen LogP contribution >= 0.6 is 11.5 Å². The Morgan fingerprint density at radius 3 is 2.85 bits per heavy atom. The number of ether oxygens (including phenoxy) is 1. The number of nitrogens with one attached hydrogen (secondary N) is 1. The van der Waals surface area contributed by atoms with Crippen molar-refractivity contribution in [1.29, 1.82) is 0 Å². The van der Waals surface area contributed by atoms with Crippen molar-refractivity contribution in [1.82, 2.24) is 14.6 Å². The first-order valence-corrected chi connectivity index (χ1v) is 10.8. The summed E-state index contributed by atoms with van der Waals surface area (Å²) in [6.07, 6.45) is 3.87. The lowest BCUT2D eigenvalue weighted by Gasteiger charge is -2.44. The van der Waals surface area contributed by atoms with Gasteiger partial charge >= 0.3 is 0 Å². The van der Waals surface area contributed by atoms with E-state index in [0.717, 1.165) is 36.2 Å². The Labute approximate surface area is 162 Å². The summed E-state index contributed by atoms with van der Waals surface area (Å²) in [6.45, 7) is 5.11. The van der Waals surface area contributed by atoms with Gasteiger partial charge in [-0.3, -0.25) is 4.79 Å². The smallest absolute Gasteiger partial charge is 0.271 e. The number of rotatable bonds is 3. The van der Waals surface area contributed by atoms with Gasteiger partial charge in [-0.2, -0.15) is 4.37 Å². The molecular weight excluding hydrogens is 360 g/mol. The largest absolute Gasteiger partial charge is 0.374 e. The molecule has 6 heterocycles. The van der Waals surface area contributed by atoms with Crippen LogP contribution in [0, 0.1) is 5.92 Å². The molecule has 5 aliphatic rings. The third kappa shape index (κ3) is 2.59. The molecule has 0 saturated carbocycles. The minimum absolute atomic E-state index is 0.0107. The second-order valence-corrected chi connectivity index (χ2v) is 9.17. The average molecular weight is 385 g/mol. The van der Waals surface area contributed by atoms with Crippen molar-refractivity contribution in [3.05, 3.63) is 23.9 Å². The van der Waals surface area contributed by atoms with Crippen LogP contribution in [0.3, 0.4) is 0 Å². The van der Waals surface area contributed by atoms with Crippen molar-refractivity contribution in [2.75, 3.05) is 37.7 Å². The number of hydrogen-bond acceptors (Lipinski definition) is 6. The highest BCUT2D eigenvalue weighted by Crippen LogP contribution is 2.39. The average Bonchev–Trinajstić information content (AvgIpc) is 3.44. The van der Waals surface area contributed by atoms with Crippen LogP contribution in [0.15, 0.2) is 18.2 Å². The molecule has 3 atom stereocenters. The van der Waals surface area contributed by atoms with Crippen LogP contribution < -0.4 is 10.2 Å². The number of piperidine rings is 3. The first-order valence-electron chi connectivity index (χ1n) is 10.1. The number of carbonyl (C=O) groups excluding carboxylic acids is 1. The summed E-state index contributed by atoms with van der Waals surface area (Å²) in [5, 5.41) is 4.28. The van der Waals surface area contributed by atoms with Gasteiger partial charge in [0, 0.05) is 24.5 Å². The summed E-state index contributed by atoms with van der Waals surface area (Å²) in [5.41, 5.74) is 1.80. The summed E-state index contributed by atoms with van der Waals surface area (Å²) in [5.74, 6) is 0.614. The van der Waals surface area contributed by atoms with Gasteiger partial charge in [0.1, 0.15) is 5.69 Å². The molecule has 6 nitrogen and oxygen atoms in total. The first kappa shape index (κ1) is 16.3. The van der Waals surface area contributed by atoms with E-state index in [1.165, 1.54) is 43.2 Å². The van der Waals surface area contributed by atoms with E-state index in [9.17, 15) is 4.79 Å². The molecule has 7 heteroatoms. The van der Waals surface area contributed by atoms with Crippen molar-refractivity contribution in [2.24, 2.45) is 5.92 Å². The SMILES string of the molecule is O=C(N[C@H]1CN2CCC1CC2)c1nsc2c(N3C[C@@H]4C[C@H]3CO4)cccc12. The lowest BCUT2D eigenvalue weighted by atomic mass is 9.84. The molecule has 2 aromatic rings. The molecule has 0 unspecified atom stereocenters. The first-order chi connectivity index (χ1) is 13.3. The van der Waals surface area contributed by atoms with Crippen LogP contribution in [0.1, 0.15) is 29.8 Å². The molecule has 1 aromatic heterocycles. The maximum absolute atomic E-state index is 13.0. The number of morpholine rings is 1. The van der Waals surface area contributed by atoms with E-state index in [0.29, 0.717) is 23.8 Å². The van der Waals surface area contributed by atoms with Crippen molar-refractivity contribution in [3.63, 3.8) is 0 Å². The van der Waals surface area contributed by atoms with E-state index in [-0.39, 0.29) is 11.9 Å². The lowest BCUT2D eigenvalue weighted by Crippen LogP contribution is -2.57. The Balaban J connectivity index is 1.28. The Kier molecular flexibility index (Phi) is 3.71. The molecule has 5 aliphatic heterocycles. The highest BCUT2D eigenvalue weighted by atomic mass is 32.1. The molecule has 5 fully saturated rings. The van der Waals surface area contributed by atoms with E-state index in [1.54, 1.807) is 0 Å². The molecule has 142 valence electrons. The molecule has 1 N–H and O–H groups in total. The van der Waals surface area contributed by atoms with Gasteiger partial charge in [-0.15, -0.1) is 0 Å². The van der Waals surface area contributed by atoms with Crippen LogP contribution in [0.2, 0.25) is 0 Å². The minimum atomic E-state index is -0.0107. The fourth-order valence-corrected chi connectivity index (χ4v) is 6.30. The van der Waals surface area contributed by atoms with Gasteiger partial charge in [0.2, 0.25) is 0 Å². The monoisotopic (exact) mass is 384 g/mol. The van der Waals surface area contributed by atoms with E-state index in [1.807, 2.05) is 6.07 Å². The molecule has 7 rings (SSSR count). The van der Waals surface area contributed by atoms with Gasteiger partial charge in [0.25, 0.3) is 5.91 Å². The van der Waals surface area contributed by atoms with Gasteiger partial charge in [-0.25, -0.2) is 0 Å². The standard InChI is InChI=1S/C20H24N4O2S/c25-20(21-16-10-23-6-4-12(16)5-7-23)18-15-2-1-3-17(19(15)27-22-18)24-9-14-8-13(24)11-26-14/h1-3,12-14,16H,4-11H2,(H,21,25)/t13-,14-,16-/m0/s1. The molecular formula is C20H24N4O2S. The van der Waals surface area contributed by atoms with Crippen LogP contribution in [-0.4, -0.2) is 66.2 Å². The summed E-state index contributed by atoms with van der Waals surface area (Å²) in [7, 11) is 0. The van der Waals surface area contributed by atoms with Crippen molar-refractivity contribution in [2.45, 2.75) is 37.5 Å². The molecule has 0 aliphatic carbocycles. The highest BCUT2D eigenvalue weighted by molar-refractivity contribution is 7.14. The maximum atomic E-state index is 13.0. The van der Waals surface area contributed by atoms with E-state index < -0.39 is 0 Å². The summed E-state index contributed by atoms with van der Waals surface area (Å²) in [6, 6.07) is 7.00. The molecule has 0 spiro atoms. The molecule has 1 amide bonds. The topological polar surface area (TPSA) is 57.7 Å². The summed E-state index contributed by atoms with van der Waals surface area (Å²) < 4.78 is 11.4. The number of hydrogen-bond donors (Lipinski definition) is 1. The normalized spacial score (nSPS) is 34.5. The fraction of sp³-hybridized carbons (Fsp3) is 0.600. The number of carbonyl (C=O) groups is 1. The summed E-state index contributed by atoms with van der Waals surface area (Å²) in [4.78, 5) is 17.9.